The van der Waals surface area contributed by atoms with Crippen molar-refractivity contribution in [3.63, 3.8) is 0 Å². The van der Waals surface area contributed by atoms with E-state index < -0.39 is 23.2 Å². The van der Waals surface area contributed by atoms with E-state index in [-0.39, 0.29) is 25.1 Å². The van der Waals surface area contributed by atoms with E-state index in [1.165, 1.54) is 17.0 Å². The summed E-state index contributed by atoms with van der Waals surface area (Å²) in [5.41, 5.74) is 1.25. The summed E-state index contributed by atoms with van der Waals surface area (Å²) < 4.78 is 25.1. The van der Waals surface area contributed by atoms with Gasteiger partial charge >= 0.3 is 11.5 Å². The van der Waals surface area contributed by atoms with E-state index in [4.69, 9.17) is 21.1 Å². The normalized spacial score (nSPS) is 21.6. The molecule has 0 aliphatic carbocycles. The average Bonchev–Trinajstić information content (AvgIpc) is 3.24. The van der Waals surface area contributed by atoms with Crippen molar-refractivity contribution in [1.82, 2.24) is 14.7 Å². The summed E-state index contributed by atoms with van der Waals surface area (Å²) in [6.45, 7) is 5.70. The zero-order valence-electron chi connectivity index (χ0n) is 16.1. The number of rotatable bonds is 4. The molecule has 4 rings (SSSR count). The third-order valence-corrected chi connectivity index (χ3v) is 5.38. The smallest absolute Gasteiger partial charge is 0.436 e. The Hall–Kier alpha value is -2.65. The number of anilines is 1. The molecular formula is C19H20ClFN4O4. The predicted octanol–water partition coefficient (Wildman–Crippen LogP) is 3.95. The Bertz CT molecular complexity index is 975. The minimum Gasteiger partial charge on any atom is -0.448 e. The second-order valence-electron chi connectivity index (χ2n) is 7.36. The van der Waals surface area contributed by atoms with Crippen LogP contribution in [-0.2, 0) is 21.6 Å². The highest BCUT2D eigenvalue weighted by molar-refractivity contribution is 6.62. The van der Waals surface area contributed by atoms with Crippen molar-refractivity contribution in [1.29, 1.82) is 0 Å². The van der Waals surface area contributed by atoms with Gasteiger partial charge in [0.1, 0.15) is 17.7 Å². The van der Waals surface area contributed by atoms with Gasteiger partial charge in [0, 0.05) is 5.56 Å². The molecule has 1 amide bonds. The zero-order valence-corrected chi connectivity index (χ0v) is 16.9. The Morgan fingerprint density at radius 2 is 2.07 bits per heavy atom. The first kappa shape index (κ1) is 19.7. The molecule has 1 aromatic heterocycles. The summed E-state index contributed by atoms with van der Waals surface area (Å²) >= 11 is 5.74. The van der Waals surface area contributed by atoms with Crippen molar-refractivity contribution in [3.05, 3.63) is 46.9 Å². The number of benzene rings is 1. The molecule has 2 aliphatic heterocycles. The Morgan fingerprint density at radius 3 is 2.69 bits per heavy atom. The maximum Gasteiger partial charge on any atom is 0.436 e. The minimum atomic E-state index is -0.789. The Labute approximate surface area is 171 Å². The monoisotopic (exact) mass is 422 g/mol. The van der Waals surface area contributed by atoms with Gasteiger partial charge < -0.3 is 19.7 Å². The van der Waals surface area contributed by atoms with Gasteiger partial charge in [-0.2, -0.15) is 5.10 Å². The van der Waals surface area contributed by atoms with Gasteiger partial charge in [-0.15, -0.1) is 4.68 Å². The molecule has 3 heterocycles. The fraction of sp³-hybridized carbons (Fsp3) is 0.421. The number of hydrogen-bond acceptors (Lipinski definition) is 6. The van der Waals surface area contributed by atoms with E-state index >= 15 is 0 Å². The minimum absolute atomic E-state index is 0.191. The van der Waals surface area contributed by atoms with Crippen molar-refractivity contribution in [2.45, 2.75) is 45.2 Å². The second-order valence-corrected chi connectivity index (χ2v) is 7.68. The van der Waals surface area contributed by atoms with Crippen molar-refractivity contribution < 1.29 is 23.5 Å². The fourth-order valence-electron chi connectivity index (χ4n) is 3.59. The van der Waals surface area contributed by atoms with Crippen molar-refractivity contribution >= 4 is 28.9 Å². The van der Waals surface area contributed by atoms with Gasteiger partial charge in [-0.25, -0.2) is 9.18 Å². The van der Waals surface area contributed by atoms with Crippen molar-refractivity contribution in [3.8, 4) is 0 Å². The summed E-state index contributed by atoms with van der Waals surface area (Å²) in [6, 6.07) is 6.01. The van der Waals surface area contributed by atoms with Gasteiger partial charge in [-0.3, -0.25) is 4.79 Å². The maximum atomic E-state index is 13.1. The standard InChI is InChI=1S/C19H20ClFN4O4/c1-4-28-18(27)25-15(12-9-24(17(20)26)19(2,3)14(12)23-25)22-16-13(29-16)10-5-7-11(21)8-6-10/h5-8,13,16,22H,4,9H2,1-3H3. The molecule has 0 bridgehead atoms. The lowest BCUT2D eigenvalue weighted by Gasteiger charge is -2.29. The van der Waals surface area contributed by atoms with Crippen LogP contribution >= 0.6 is 11.6 Å². The Morgan fingerprint density at radius 1 is 1.38 bits per heavy atom. The Balaban J connectivity index is 1.65. The Kier molecular flexibility index (Phi) is 4.74. The van der Waals surface area contributed by atoms with Gasteiger partial charge in [0.05, 0.1) is 24.4 Å². The van der Waals surface area contributed by atoms with Gasteiger partial charge in [0.25, 0.3) is 0 Å². The number of epoxide rings is 1. The molecular weight excluding hydrogens is 403 g/mol. The molecule has 0 radical (unpaired) electrons. The zero-order chi connectivity index (χ0) is 20.9. The van der Waals surface area contributed by atoms with Gasteiger partial charge in [0.2, 0.25) is 0 Å². The highest BCUT2D eigenvalue weighted by Gasteiger charge is 2.48. The van der Waals surface area contributed by atoms with Gasteiger partial charge in [0.15, 0.2) is 6.23 Å². The van der Waals surface area contributed by atoms with E-state index in [2.05, 4.69) is 10.4 Å². The van der Waals surface area contributed by atoms with E-state index in [0.717, 1.165) is 10.2 Å². The van der Waals surface area contributed by atoms with Crippen LogP contribution in [0.1, 0.15) is 43.7 Å². The van der Waals surface area contributed by atoms with E-state index in [0.29, 0.717) is 17.1 Å². The number of carbonyl (C=O) groups excluding carboxylic acids is 2. The lowest BCUT2D eigenvalue weighted by atomic mass is 10.0. The number of carbonyl (C=O) groups is 2. The first-order valence-electron chi connectivity index (χ1n) is 9.18. The molecule has 1 aromatic carbocycles. The molecule has 2 aliphatic rings. The lowest BCUT2D eigenvalue weighted by Crippen LogP contribution is -2.38. The molecule has 0 spiro atoms. The van der Waals surface area contributed by atoms with Crippen LogP contribution in [0.5, 0.6) is 0 Å². The number of nitrogens with one attached hydrogen (secondary N) is 1. The summed E-state index contributed by atoms with van der Waals surface area (Å²) in [5, 5.41) is 6.97. The molecule has 2 unspecified atom stereocenters. The van der Waals surface area contributed by atoms with E-state index in [1.807, 2.05) is 0 Å². The molecule has 2 aromatic rings. The van der Waals surface area contributed by atoms with E-state index in [9.17, 15) is 14.0 Å². The van der Waals surface area contributed by atoms with Crippen molar-refractivity contribution in [2.75, 3.05) is 11.9 Å². The third kappa shape index (κ3) is 3.34. The largest absolute Gasteiger partial charge is 0.448 e. The number of hydrogen-bond donors (Lipinski definition) is 1. The number of halogens is 2. The molecule has 154 valence electrons. The van der Waals surface area contributed by atoms with Crippen LogP contribution in [0.3, 0.4) is 0 Å². The number of aromatic nitrogens is 2. The van der Waals surface area contributed by atoms with Crippen LogP contribution in [0.2, 0.25) is 0 Å². The van der Waals surface area contributed by atoms with Crippen LogP contribution in [-0.4, -0.2) is 39.0 Å². The summed E-state index contributed by atoms with van der Waals surface area (Å²) in [6.07, 6.45) is -1.36. The summed E-state index contributed by atoms with van der Waals surface area (Å²) in [7, 11) is 0. The number of amides is 1. The van der Waals surface area contributed by atoms with Crippen LogP contribution in [0.25, 0.3) is 0 Å². The van der Waals surface area contributed by atoms with Gasteiger partial charge in [-0.05, 0) is 50.1 Å². The molecule has 1 N–H and O–H groups in total. The van der Waals surface area contributed by atoms with E-state index in [1.54, 1.807) is 32.9 Å². The number of fused-ring (bicyclic) bond motifs is 1. The first-order valence-corrected chi connectivity index (χ1v) is 9.56. The lowest BCUT2D eigenvalue weighted by molar-refractivity contribution is 0.147. The number of nitrogens with zero attached hydrogens (tertiary/aromatic N) is 3. The molecule has 8 nitrogen and oxygen atoms in total. The highest BCUT2D eigenvalue weighted by atomic mass is 35.5. The second kappa shape index (κ2) is 7.00. The molecule has 1 fully saturated rings. The first-order chi connectivity index (χ1) is 13.7. The van der Waals surface area contributed by atoms with Crippen LogP contribution in [0, 0.1) is 5.82 Å². The highest BCUT2D eigenvalue weighted by Crippen LogP contribution is 2.45. The molecule has 1 saturated heterocycles. The number of ether oxygens (including phenoxy) is 2. The topological polar surface area (TPSA) is 89.0 Å². The average molecular weight is 423 g/mol. The molecule has 10 heteroatoms. The predicted molar refractivity (Wildman–Crippen MR) is 102 cm³/mol. The van der Waals surface area contributed by atoms with Crippen LogP contribution < -0.4 is 5.32 Å². The van der Waals surface area contributed by atoms with Crippen LogP contribution in [0.15, 0.2) is 24.3 Å². The van der Waals surface area contributed by atoms with Gasteiger partial charge in [-0.1, -0.05) is 12.1 Å². The SMILES string of the molecule is CCOC(=O)n1nc2c(c1NC1OC1c1ccc(F)cc1)CN(C(=O)Cl)C2(C)C. The quantitative estimate of drug-likeness (QED) is 0.456. The maximum absolute atomic E-state index is 13.1. The molecule has 0 saturated carbocycles. The summed E-state index contributed by atoms with van der Waals surface area (Å²) in [4.78, 5) is 25.8. The third-order valence-electron chi connectivity index (χ3n) is 5.18. The summed E-state index contributed by atoms with van der Waals surface area (Å²) in [5.74, 6) is 0.0618. The molecule has 2 atom stereocenters. The van der Waals surface area contributed by atoms with Crippen LogP contribution in [0.4, 0.5) is 19.8 Å². The fourth-order valence-corrected chi connectivity index (χ4v) is 3.86. The van der Waals surface area contributed by atoms with Crippen molar-refractivity contribution in [2.24, 2.45) is 0 Å². The molecule has 29 heavy (non-hydrogen) atoms.